The molecule has 0 heterocycles. The molecule has 1 aromatic carbocycles. The number of amidine groups is 1. The molecule has 1 rings (SSSR count). The van der Waals surface area contributed by atoms with E-state index >= 15 is 0 Å². The van der Waals surface area contributed by atoms with Gasteiger partial charge in [0.25, 0.3) is 0 Å². The van der Waals surface area contributed by atoms with Crippen molar-refractivity contribution in [2.45, 2.75) is 25.9 Å². The summed E-state index contributed by atoms with van der Waals surface area (Å²) in [6.45, 7) is 1.30. The Hall–Kier alpha value is -2.05. The van der Waals surface area contributed by atoms with Crippen LogP contribution in [0.2, 0.25) is 0 Å². The lowest BCUT2D eigenvalue weighted by Crippen LogP contribution is -2.42. The monoisotopic (exact) mass is 287 g/mol. The first-order valence-electron chi connectivity index (χ1n) is 6.06. The number of hydrogen-bond donors (Lipinski definition) is 2. The first kappa shape index (κ1) is 16.0. The number of hydrogen-bond acceptors (Lipinski definition) is 2. The van der Waals surface area contributed by atoms with Crippen molar-refractivity contribution in [2.75, 3.05) is 6.54 Å². The summed E-state index contributed by atoms with van der Waals surface area (Å²) in [5, 5.41) is 7.81. The Labute approximate surface area is 114 Å². The second-order valence-electron chi connectivity index (χ2n) is 4.25. The average Bonchev–Trinajstić information content (AvgIpc) is 2.37. The van der Waals surface area contributed by atoms with E-state index in [1.807, 2.05) is 6.92 Å². The molecule has 2 amide bonds. The Morgan fingerprint density at radius 3 is 2.25 bits per heavy atom. The van der Waals surface area contributed by atoms with Crippen molar-refractivity contribution in [2.24, 2.45) is 5.73 Å². The predicted octanol–water partition coefficient (Wildman–Crippen LogP) is 2.91. The second kappa shape index (κ2) is 6.40. The van der Waals surface area contributed by atoms with Crippen molar-refractivity contribution in [3.63, 3.8) is 0 Å². The number of urea groups is 1. The number of halogens is 3. The van der Waals surface area contributed by atoms with Gasteiger partial charge in [0.05, 0.1) is 6.42 Å². The van der Waals surface area contributed by atoms with Gasteiger partial charge in [-0.25, -0.2) is 4.79 Å². The van der Waals surface area contributed by atoms with Gasteiger partial charge in [-0.3, -0.25) is 10.3 Å². The molecule has 0 unspecified atom stereocenters. The molecule has 1 aromatic rings. The smallest absolute Gasteiger partial charge is 0.351 e. The highest BCUT2D eigenvalue weighted by Crippen LogP contribution is 2.20. The van der Waals surface area contributed by atoms with Crippen LogP contribution in [0.4, 0.5) is 18.0 Å². The summed E-state index contributed by atoms with van der Waals surface area (Å²) in [5.41, 5.74) is 6.42. The van der Waals surface area contributed by atoms with Gasteiger partial charge in [-0.2, -0.15) is 13.2 Å². The summed E-state index contributed by atoms with van der Waals surface area (Å²) in [4.78, 5) is 11.8. The fraction of sp³-hybridized carbons (Fsp3) is 0.385. The number of nitrogens with zero attached hydrogens (tertiary/aromatic N) is 1. The molecule has 3 N–H and O–H groups in total. The molecule has 110 valence electrons. The van der Waals surface area contributed by atoms with Gasteiger partial charge < -0.3 is 5.73 Å². The molecule has 0 saturated heterocycles. The maximum Gasteiger partial charge on any atom is 0.390 e. The number of primary amides is 1. The highest BCUT2D eigenvalue weighted by atomic mass is 19.4. The van der Waals surface area contributed by atoms with Crippen LogP contribution in [0.15, 0.2) is 24.3 Å². The maximum absolute atomic E-state index is 12.2. The Bertz CT molecular complexity index is 483. The van der Waals surface area contributed by atoms with Crippen molar-refractivity contribution in [3.8, 4) is 0 Å². The fourth-order valence-electron chi connectivity index (χ4n) is 1.62. The zero-order valence-electron chi connectivity index (χ0n) is 11.0. The minimum Gasteiger partial charge on any atom is -0.351 e. The molecular weight excluding hydrogens is 271 g/mol. The quantitative estimate of drug-likeness (QED) is 0.648. The molecule has 0 aliphatic heterocycles. The zero-order chi connectivity index (χ0) is 15.3. The number of nitrogens with one attached hydrogen (secondary N) is 1. The minimum absolute atomic E-state index is 0.329. The van der Waals surface area contributed by atoms with Gasteiger partial charge in [0.2, 0.25) is 0 Å². The van der Waals surface area contributed by atoms with Crippen LogP contribution in [-0.2, 0) is 6.42 Å². The largest absolute Gasteiger partial charge is 0.390 e. The third kappa shape index (κ3) is 4.56. The Kier molecular flexibility index (Phi) is 5.12. The van der Waals surface area contributed by atoms with Gasteiger partial charge in [0, 0.05) is 12.1 Å². The van der Waals surface area contributed by atoms with E-state index in [1.165, 1.54) is 0 Å². The number of carbonyl (C=O) groups excluding carboxylic acids is 1. The van der Waals surface area contributed by atoms with Crippen molar-refractivity contribution in [1.29, 1.82) is 5.41 Å². The van der Waals surface area contributed by atoms with Crippen molar-refractivity contribution in [1.82, 2.24) is 4.90 Å². The summed E-state index contributed by atoms with van der Waals surface area (Å²) in [5.74, 6) is -0.329. The van der Waals surface area contributed by atoms with Crippen molar-refractivity contribution in [3.05, 3.63) is 35.4 Å². The topological polar surface area (TPSA) is 70.2 Å². The average molecular weight is 287 g/mol. The normalized spacial score (nSPS) is 11.2. The SMILES string of the molecule is CCc1ccc(C(=N)N(CCC(F)(F)F)C(N)=O)cc1. The lowest BCUT2D eigenvalue weighted by Gasteiger charge is -2.22. The molecule has 0 saturated carbocycles. The third-order valence-electron chi connectivity index (χ3n) is 2.79. The molecule has 20 heavy (non-hydrogen) atoms. The predicted molar refractivity (Wildman–Crippen MR) is 69.6 cm³/mol. The molecule has 0 radical (unpaired) electrons. The number of benzene rings is 1. The van der Waals surface area contributed by atoms with Crippen LogP contribution in [0, 0.1) is 5.41 Å². The summed E-state index contributed by atoms with van der Waals surface area (Å²) < 4.78 is 36.6. The van der Waals surface area contributed by atoms with Crippen LogP contribution < -0.4 is 5.73 Å². The molecular formula is C13H16F3N3O. The van der Waals surface area contributed by atoms with Crippen LogP contribution in [0.3, 0.4) is 0 Å². The van der Waals surface area contributed by atoms with Crippen LogP contribution in [0.1, 0.15) is 24.5 Å². The number of rotatable bonds is 4. The lowest BCUT2D eigenvalue weighted by molar-refractivity contribution is -0.135. The van der Waals surface area contributed by atoms with Crippen molar-refractivity contribution < 1.29 is 18.0 Å². The molecule has 0 fully saturated rings. The summed E-state index contributed by atoms with van der Waals surface area (Å²) >= 11 is 0. The number of nitrogens with two attached hydrogens (primary N) is 1. The number of alkyl halides is 3. The van der Waals surface area contributed by atoms with E-state index in [1.54, 1.807) is 24.3 Å². The van der Waals surface area contributed by atoms with Crippen LogP contribution in [0.25, 0.3) is 0 Å². The molecule has 0 aromatic heterocycles. The molecule has 4 nitrogen and oxygen atoms in total. The Morgan fingerprint density at radius 2 is 1.85 bits per heavy atom. The molecule has 0 aliphatic rings. The van der Waals surface area contributed by atoms with Gasteiger partial charge >= 0.3 is 12.2 Å². The van der Waals surface area contributed by atoms with Crippen molar-refractivity contribution >= 4 is 11.9 Å². The molecule has 0 aliphatic carbocycles. The first-order chi connectivity index (χ1) is 9.24. The van der Waals surface area contributed by atoms with E-state index in [0.717, 1.165) is 12.0 Å². The zero-order valence-corrected chi connectivity index (χ0v) is 11.0. The molecule has 7 heteroatoms. The molecule has 0 spiro atoms. The number of aryl methyl sites for hydroxylation is 1. The third-order valence-corrected chi connectivity index (χ3v) is 2.79. The van der Waals surface area contributed by atoms with Crippen LogP contribution in [-0.4, -0.2) is 29.5 Å². The Balaban J connectivity index is 2.85. The van der Waals surface area contributed by atoms with Crippen LogP contribution >= 0.6 is 0 Å². The summed E-state index contributed by atoms with van der Waals surface area (Å²) in [7, 11) is 0. The van der Waals surface area contributed by atoms with Gasteiger partial charge in [-0.05, 0) is 12.0 Å². The second-order valence-corrected chi connectivity index (χ2v) is 4.25. The highest BCUT2D eigenvalue weighted by molar-refractivity contribution is 6.05. The minimum atomic E-state index is -4.40. The van der Waals surface area contributed by atoms with E-state index in [9.17, 15) is 18.0 Å². The van der Waals surface area contributed by atoms with E-state index in [2.05, 4.69) is 0 Å². The number of amides is 2. The number of carbonyl (C=O) groups is 1. The molecule has 0 bridgehead atoms. The van der Waals surface area contributed by atoms with E-state index < -0.39 is 25.2 Å². The highest BCUT2D eigenvalue weighted by Gasteiger charge is 2.30. The van der Waals surface area contributed by atoms with Gasteiger partial charge in [-0.1, -0.05) is 31.2 Å². The van der Waals surface area contributed by atoms with E-state index in [4.69, 9.17) is 11.1 Å². The fourth-order valence-corrected chi connectivity index (χ4v) is 1.62. The van der Waals surface area contributed by atoms with Gasteiger partial charge in [0.15, 0.2) is 0 Å². The lowest BCUT2D eigenvalue weighted by atomic mass is 10.1. The standard InChI is InChI=1S/C13H16F3N3O/c1-2-9-3-5-10(6-4-9)11(17)19(12(18)20)8-7-13(14,15)16/h3-6,17H,2,7-8H2,1H3,(H2,18,20). The summed E-state index contributed by atoms with van der Waals surface area (Å²) in [6.07, 6.45) is -4.80. The van der Waals surface area contributed by atoms with Gasteiger partial charge in [-0.15, -0.1) is 0 Å². The van der Waals surface area contributed by atoms with Gasteiger partial charge in [0.1, 0.15) is 5.84 Å². The summed E-state index contributed by atoms with van der Waals surface area (Å²) in [6, 6.07) is 5.62. The van der Waals surface area contributed by atoms with E-state index in [-0.39, 0.29) is 5.84 Å². The van der Waals surface area contributed by atoms with E-state index in [0.29, 0.717) is 10.5 Å². The maximum atomic E-state index is 12.2. The van der Waals surface area contributed by atoms with Crippen LogP contribution in [0.5, 0.6) is 0 Å². The molecule has 0 atom stereocenters. The Morgan fingerprint density at radius 1 is 1.30 bits per heavy atom. The first-order valence-corrected chi connectivity index (χ1v) is 6.06.